The summed E-state index contributed by atoms with van der Waals surface area (Å²) in [6.07, 6.45) is -1.81. The van der Waals surface area contributed by atoms with Gasteiger partial charge in [-0.25, -0.2) is 4.98 Å². The lowest BCUT2D eigenvalue weighted by atomic mass is 9.80. The summed E-state index contributed by atoms with van der Waals surface area (Å²) in [5.74, 6) is 0.221. The van der Waals surface area contributed by atoms with E-state index < -0.39 is 18.2 Å². The molecule has 1 aromatic heterocycles. The minimum absolute atomic E-state index is 0.104. The van der Waals surface area contributed by atoms with Crippen molar-refractivity contribution in [1.29, 1.82) is 0 Å². The van der Waals surface area contributed by atoms with E-state index in [0.717, 1.165) is 24.8 Å². The fourth-order valence-electron chi connectivity index (χ4n) is 5.00. The van der Waals surface area contributed by atoms with Crippen LogP contribution in [0.3, 0.4) is 0 Å². The minimum atomic E-state index is -4.77. The van der Waals surface area contributed by atoms with E-state index in [-0.39, 0.29) is 18.3 Å². The molecular formula is C26H29F3N4O4. The van der Waals surface area contributed by atoms with E-state index >= 15 is 0 Å². The van der Waals surface area contributed by atoms with Crippen molar-refractivity contribution in [2.45, 2.75) is 45.5 Å². The number of ether oxygens (including phenoxy) is 2. The van der Waals surface area contributed by atoms with Crippen LogP contribution in [0.25, 0.3) is 11.0 Å². The third kappa shape index (κ3) is 6.52. The molecule has 1 aliphatic carbocycles. The number of methoxy groups -OCH3 is 1. The van der Waals surface area contributed by atoms with Crippen LogP contribution in [0.5, 0.6) is 5.75 Å². The number of carbonyl (C=O) groups is 2. The first kappa shape index (κ1) is 26.3. The van der Waals surface area contributed by atoms with Crippen molar-refractivity contribution in [2.75, 3.05) is 19.0 Å². The number of rotatable bonds is 7. The molecule has 1 amide bonds. The van der Waals surface area contributed by atoms with Crippen molar-refractivity contribution in [1.82, 2.24) is 14.9 Å². The van der Waals surface area contributed by atoms with Gasteiger partial charge in [0.2, 0.25) is 5.95 Å². The quantitative estimate of drug-likeness (QED) is 0.397. The first-order valence-electron chi connectivity index (χ1n) is 12.0. The first-order chi connectivity index (χ1) is 17.5. The molecule has 1 saturated carbocycles. The van der Waals surface area contributed by atoms with Gasteiger partial charge in [0.25, 0.3) is 5.91 Å². The van der Waals surface area contributed by atoms with Crippen LogP contribution in [0, 0.1) is 11.8 Å². The predicted octanol–water partition coefficient (Wildman–Crippen LogP) is 5.58. The number of fused-ring (bicyclic) bond motifs is 1. The number of nitrogens with one attached hydrogen (secondary N) is 2. The van der Waals surface area contributed by atoms with Crippen LogP contribution in [-0.2, 0) is 9.53 Å². The van der Waals surface area contributed by atoms with Gasteiger partial charge >= 0.3 is 12.3 Å². The number of esters is 1. The lowest BCUT2D eigenvalue weighted by Crippen LogP contribution is -2.30. The van der Waals surface area contributed by atoms with Gasteiger partial charge in [0.15, 0.2) is 0 Å². The van der Waals surface area contributed by atoms with Crippen LogP contribution in [0.1, 0.15) is 49.5 Å². The maximum atomic E-state index is 12.7. The number of hydrogen-bond donors (Lipinski definition) is 2. The number of amides is 1. The predicted molar refractivity (Wildman–Crippen MR) is 132 cm³/mol. The number of aromatic nitrogens is 2. The first-order valence-corrected chi connectivity index (χ1v) is 12.0. The Morgan fingerprint density at radius 1 is 1.05 bits per heavy atom. The fourth-order valence-corrected chi connectivity index (χ4v) is 5.00. The number of hydrogen-bond acceptors (Lipinski definition) is 6. The van der Waals surface area contributed by atoms with Crippen molar-refractivity contribution in [3.8, 4) is 5.75 Å². The van der Waals surface area contributed by atoms with E-state index in [2.05, 4.69) is 38.5 Å². The standard InChI is InChI=1S/C26H29F3N4O4/c1-15-10-16(2)12-19(11-15)33-22-13-17(24(35)30-14-23(34)36-3)4-9-21(22)32-25(33)31-18-5-7-20(8-6-18)37-26(27,28)29/h4-9,13,15-16,19H,10-12,14H2,1-3H3,(H,30,35)(H,31,32). The molecule has 0 bridgehead atoms. The van der Waals surface area contributed by atoms with Crippen molar-refractivity contribution < 1.29 is 32.2 Å². The summed E-state index contributed by atoms with van der Waals surface area (Å²) in [6, 6.07) is 10.7. The highest BCUT2D eigenvalue weighted by Crippen LogP contribution is 2.40. The van der Waals surface area contributed by atoms with Crippen molar-refractivity contribution in [3.05, 3.63) is 48.0 Å². The molecule has 0 radical (unpaired) electrons. The zero-order valence-corrected chi connectivity index (χ0v) is 20.8. The topological polar surface area (TPSA) is 94.5 Å². The second kappa shape index (κ2) is 10.7. The Labute approximate surface area is 212 Å². The summed E-state index contributed by atoms with van der Waals surface area (Å²) in [4.78, 5) is 28.8. The second-order valence-corrected chi connectivity index (χ2v) is 9.54. The van der Waals surface area contributed by atoms with Crippen LogP contribution in [0.15, 0.2) is 42.5 Å². The zero-order chi connectivity index (χ0) is 26.7. The summed E-state index contributed by atoms with van der Waals surface area (Å²) < 4.78 is 48.2. The number of imidazole rings is 1. The Hall–Kier alpha value is -3.76. The monoisotopic (exact) mass is 518 g/mol. The minimum Gasteiger partial charge on any atom is -0.468 e. The van der Waals surface area contributed by atoms with Gasteiger partial charge in [-0.2, -0.15) is 0 Å². The summed E-state index contributed by atoms with van der Waals surface area (Å²) in [6.45, 7) is 4.17. The maximum Gasteiger partial charge on any atom is 0.573 e. The summed E-state index contributed by atoms with van der Waals surface area (Å²) in [7, 11) is 1.25. The number of alkyl halides is 3. The molecule has 1 heterocycles. The number of anilines is 2. The van der Waals surface area contributed by atoms with Gasteiger partial charge in [0, 0.05) is 17.3 Å². The van der Waals surface area contributed by atoms with Gasteiger partial charge in [-0.3, -0.25) is 9.59 Å². The molecule has 4 rings (SSSR count). The Morgan fingerprint density at radius 2 is 1.73 bits per heavy atom. The van der Waals surface area contributed by atoms with Crippen molar-refractivity contribution in [3.63, 3.8) is 0 Å². The highest BCUT2D eigenvalue weighted by atomic mass is 19.4. The van der Waals surface area contributed by atoms with Gasteiger partial charge in [-0.15, -0.1) is 13.2 Å². The lowest BCUT2D eigenvalue weighted by molar-refractivity contribution is -0.274. The Kier molecular flexibility index (Phi) is 7.60. The van der Waals surface area contributed by atoms with Crippen molar-refractivity contribution in [2.24, 2.45) is 11.8 Å². The third-order valence-electron chi connectivity index (χ3n) is 6.44. The number of benzene rings is 2. The summed E-state index contributed by atoms with van der Waals surface area (Å²) in [5, 5.41) is 5.77. The smallest absolute Gasteiger partial charge is 0.468 e. The molecular weight excluding hydrogens is 489 g/mol. The molecule has 3 aromatic rings. The lowest BCUT2D eigenvalue weighted by Gasteiger charge is -2.33. The summed E-state index contributed by atoms with van der Waals surface area (Å²) in [5.41, 5.74) is 2.32. The van der Waals surface area contributed by atoms with E-state index in [9.17, 15) is 22.8 Å². The van der Waals surface area contributed by atoms with Crippen LogP contribution >= 0.6 is 0 Å². The Morgan fingerprint density at radius 3 is 2.35 bits per heavy atom. The normalized spacial score (nSPS) is 19.9. The SMILES string of the molecule is COC(=O)CNC(=O)c1ccc2nc(Nc3ccc(OC(F)(F)F)cc3)n(C3CC(C)CC(C)C3)c2c1. The van der Waals surface area contributed by atoms with Gasteiger partial charge in [-0.05, 0) is 73.6 Å². The molecule has 2 unspecified atom stereocenters. The fraction of sp³-hybridized carbons (Fsp3) is 0.423. The van der Waals surface area contributed by atoms with E-state index in [1.54, 1.807) is 18.2 Å². The highest BCUT2D eigenvalue weighted by molar-refractivity contribution is 5.99. The second-order valence-electron chi connectivity index (χ2n) is 9.54. The van der Waals surface area contributed by atoms with Crippen LogP contribution in [0.4, 0.5) is 24.8 Å². The highest BCUT2D eigenvalue weighted by Gasteiger charge is 2.31. The third-order valence-corrected chi connectivity index (χ3v) is 6.44. The molecule has 198 valence electrons. The largest absolute Gasteiger partial charge is 0.573 e. The molecule has 8 nitrogen and oxygen atoms in total. The average Bonchev–Trinajstić information content (AvgIpc) is 3.19. The molecule has 0 spiro atoms. The van der Waals surface area contributed by atoms with Gasteiger partial charge in [0.1, 0.15) is 12.3 Å². The Bertz CT molecular complexity index is 1260. The molecule has 2 aromatic carbocycles. The van der Waals surface area contributed by atoms with Crippen molar-refractivity contribution >= 4 is 34.5 Å². The molecule has 37 heavy (non-hydrogen) atoms. The molecule has 11 heteroatoms. The maximum absolute atomic E-state index is 12.7. The number of halogens is 3. The van der Waals surface area contributed by atoms with Gasteiger partial charge in [0.05, 0.1) is 18.1 Å². The molecule has 1 aliphatic rings. The van der Waals surface area contributed by atoms with Crippen LogP contribution < -0.4 is 15.4 Å². The molecule has 0 aliphatic heterocycles. The molecule has 2 N–H and O–H groups in total. The van der Waals surface area contributed by atoms with E-state index in [4.69, 9.17) is 4.98 Å². The van der Waals surface area contributed by atoms with Gasteiger partial charge < -0.3 is 24.7 Å². The molecule has 2 atom stereocenters. The van der Waals surface area contributed by atoms with E-state index in [1.807, 2.05) is 0 Å². The van der Waals surface area contributed by atoms with E-state index in [0.29, 0.717) is 34.6 Å². The summed E-state index contributed by atoms with van der Waals surface area (Å²) >= 11 is 0. The Balaban J connectivity index is 1.68. The molecule has 1 fully saturated rings. The molecule has 0 saturated heterocycles. The van der Waals surface area contributed by atoms with Gasteiger partial charge in [-0.1, -0.05) is 13.8 Å². The van der Waals surface area contributed by atoms with E-state index in [1.165, 1.54) is 31.4 Å². The van der Waals surface area contributed by atoms with Crippen LogP contribution in [0.2, 0.25) is 0 Å². The zero-order valence-electron chi connectivity index (χ0n) is 20.8. The average molecular weight is 519 g/mol. The number of nitrogens with zero attached hydrogens (tertiary/aromatic N) is 2. The van der Waals surface area contributed by atoms with Crippen LogP contribution in [-0.4, -0.2) is 41.4 Å². The number of carbonyl (C=O) groups excluding carboxylic acids is 2.